The third-order valence-corrected chi connectivity index (χ3v) is 4.09. The fourth-order valence-electron chi connectivity index (χ4n) is 1.91. The van der Waals surface area contributed by atoms with E-state index in [0.717, 1.165) is 0 Å². The number of benzene rings is 1. The third-order valence-electron chi connectivity index (χ3n) is 3.26. The fourth-order valence-corrected chi connectivity index (χ4v) is 2.58. The maximum absolute atomic E-state index is 12.8. The van der Waals surface area contributed by atoms with Gasteiger partial charge in [-0.15, -0.1) is 11.3 Å². The first-order valence-electron chi connectivity index (χ1n) is 7.83. The van der Waals surface area contributed by atoms with Gasteiger partial charge in [0, 0.05) is 11.3 Å². The van der Waals surface area contributed by atoms with E-state index in [1.807, 2.05) is 13.8 Å². The number of hydrogen-bond acceptors (Lipinski definition) is 8. The standard InChI is InChI=1S/C17H16FN3O4S/c1-10(2)16-20-14(25-21-16)7-24-17(22)13-9-26-15(19-13)8-23-12-5-3-11(18)4-6-12/h3-6,9-10H,7-8H2,1-2H3. The van der Waals surface area contributed by atoms with Crippen molar-refractivity contribution >= 4 is 17.3 Å². The zero-order valence-corrected chi connectivity index (χ0v) is 15.0. The molecule has 1 aromatic carbocycles. The summed E-state index contributed by atoms with van der Waals surface area (Å²) in [6.45, 7) is 3.93. The summed E-state index contributed by atoms with van der Waals surface area (Å²) < 4.78 is 28.5. The van der Waals surface area contributed by atoms with Crippen molar-refractivity contribution in [2.24, 2.45) is 0 Å². The highest BCUT2D eigenvalue weighted by Gasteiger charge is 2.16. The fraction of sp³-hybridized carbons (Fsp3) is 0.294. The predicted octanol–water partition coefficient (Wildman–Crippen LogP) is 3.72. The summed E-state index contributed by atoms with van der Waals surface area (Å²) in [5.74, 6) is 0.521. The van der Waals surface area contributed by atoms with Crippen molar-refractivity contribution in [3.05, 3.63) is 57.9 Å². The Labute approximate surface area is 152 Å². The van der Waals surface area contributed by atoms with Gasteiger partial charge >= 0.3 is 5.97 Å². The maximum Gasteiger partial charge on any atom is 0.358 e. The van der Waals surface area contributed by atoms with Crippen molar-refractivity contribution < 1.29 is 23.2 Å². The van der Waals surface area contributed by atoms with Gasteiger partial charge in [0.15, 0.2) is 18.1 Å². The normalized spacial score (nSPS) is 10.9. The summed E-state index contributed by atoms with van der Waals surface area (Å²) in [5, 5.41) is 5.98. The van der Waals surface area contributed by atoms with Crippen molar-refractivity contribution in [2.75, 3.05) is 0 Å². The predicted molar refractivity (Wildman–Crippen MR) is 90.4 cm³/mol. The van der Waals surface area contributed by atoms with Gasteiger partial charge in [0.1, 0.15) is 23.2 Å². The Morgan fingerprint density at radius 2 is 2.00 bits per heavy atom. The van der Waals surface area contributed by atoms with Crippen LogP contribution in [0.1, 0.15) is 47.0 Å². The molecule has 0 N–H and O–H groups in total. The molecule has 0 aliphatic carbocycles. The van der Waals surface area contributed by atoms with Gasteiger partial charge in [-0.05, 0) is 24.3 Å². The van der Waals surface area contributed by atoms with E-state index in [1.54, 1.807) is 5.38 Å². The van der Waals surface area contributed by atoms with Gasteiger partial charge in [0.05, 0.1) is 0 Å². The molecule has 0 saturated carbocycles. The van der Waals surface area contributed by atoms with Crippen LogP contribution in [-0.4, -0.2) is 21.1 Å². The SMILES string of the molecule is CC(C)c1noc(COC(=O)c2csc(COc3ccc(F)cc3)n2)n1. The molecular weight excluding hydrogens is 361 g/mol. The lowest BCUT2D eigenvalue weighted by atomic mass is 10.2. The zero-order chi connectivity index (χ0) is 18.5. The Bertz CT molecular complexity index is 876. The van der Waals surface area contributed by atoms with Crippen LogP contribution in [0.25, 0.3) is 0 Å². The first-order valence-corrected chi connectivity index (χ1v) is 8.71. The van der Waals surface area contributed by atoms with E-state index < -0.39 is 5.97 Å². The summed E-state index contributed by atoms with van der Waals surface area (Å²) >= 11 is 1.27. The summed E-state index contributed by atoms with van der Waals surface area (Å²) in [4.78, 5) is 20.3. The highest BCUT2D eigenvalue weighted by atomic mass is 32.1. The van der Waals surface area contributed by atoms with E-state index in [4.69, 9.17) is 14.0 Å². The lowest BCUT2D eigenvalue weighted by Gasteiger charge is -2.03. The molecule has 0 aliphatic rings. The smallest absolute Gasteiger partial charge is 0.358 e. The molecule has 2 aromatic heterocycles. The molecule has 3 rings (SSSR count). The monoisotopic (exact) mass is 377 g/mol. The second-order valence-corrected chi connectivity index (χ2v) is 6.59. The van der Waals surface area contributed by atoms with Crippen molar-refractivity contribution in [1.82, 2.24) is 15.1 Å². The van der Waals surface area contributed by atoms with E-state index in [1.165, 1.54) is 35.6 Å². The molecule has 0 unspecified atom stereocenters. The molecule has 0 aliphatic heterocycles. The number of esters is 1. The molecule has 2 heterocycles. The first-order chi connectivity index (χ1) is 12.5. The minimum atomic E-state index is -0.585. The molecule has 0 atom stereocenters. The van der Waals surface area contributed by atoms with E-state index >= 15 is 0 Å². The molecule has 0 fully saturated rings. The Kier molecular flexibility index (Phi) is 5.57. The minimum Gasteiger partial charge on any atom is -0.486 e. The number of halogens is 1. The van der Waals surface area contributed by atoms with Crippen LogP contribution in [0.4, 0.5) is 4.39 Å². The second kappa shape index (κ2) is 8.05. The first kappa shape index (κ1) is 18.0. The van der Waals surface area contributed by atoms with E-state index in [9.17, 15) is 9.18 Å². The van der Waals surface area contributed by atoms with Crippen molar-refractivity contribution in [3.63, 3.8) is 0 Å². The molecule has 0 spiro atoms. The number of nitrogens with zero attached hydrogens (tertiary/aromatic N) is 3. The Morgan fingerprint density at radius 3 is 2.69 bits per heavy atom. The Hall–Kier alpha value is -2.81. The molecule has 0 bridgehead atoms. The summed E-state index contributed by atoms with van der Waals surface area (Å²) in [7, 11) is 0. The second-order valence-electron chi connectivity index (χ2n) is 5.65. The van der Waals surface area contributed by atoms with Gasteiger partial charge in [-0.3, -0.25) is 0 Å². The molecule has 0 amide bonds. The molecule has 9 heteroatoms. The summed E-state index contributed by atoms with van der Waals surface area (Å²) in [6.07, 6.45) is 0. The van der Waals surface area contributed by atoms with Gasteiger partial charge in [-0.2, -0.15) is 4.98 Å². The van der Waals surface area contributed by atoms with Crippen LogP contribution in [0.15, 0.2) is 34.2 Å². The lowest BCUT2D eigenvalue weighted by molar-refractivity contribution is 0.0423. The Balaban J connectivity index is 1.51. The quantitative estimate of drug-likeness (QED) is 0.580. The number of aromatic nitrogens is 3. The number of ether oxygens (including phenoxy) is 2. The van der Waals surface area contributed by atoms with Crippen LogP contribution in [0.5, 0.6) is 5.75 Å². The van der Waals surface area contributed by atoms with E-state index in [-0.39, 0.29) is 36.5 Å². The van der Waals surface area contributed by atoms with Crippen LogP contribution in [-0.2, 0) is 18.0 Å². The maximum atomic E-state index is 12.8. The largest absolute Gasteiger partial charge is 0.486 e. The molecule has 136 valence electrons. The number of carbonyl (C=O) groups is 1. The summed E-state index contributed by atoms with van der Waals surface area (Å²) in [6, 6.07) is 5.66. The molecule has 0 radical (unpaired) electrons. The van der Waals surface area contributed by atoms with Gasteiger partial charge in [0.2, 0.25) is 0 Å². The summed E-state index contributed by atoms with van der Waals surface area (Å²) in [5.41, 5.74) is 0.177. The van der Waals surface area contributed by atoms with Crippen molar-refractivity contribution in [3.8, 4) is 5.75 Å². The topological polar surface area (TPSA) is 87.3 Å². The van der Waals surface area contributed by atoms with Gasteiger partial charge < -0.3 is 14.0 Å². The highest BCUT2D eigenvalue weighted by Crippen LogP contribution is 2.17. The molecular formula is C17H16FN3O4S. The van der Waals surface area contributed by atoms with Gasteiger partial charge in [-0.25, -0.2) is 14.2 Å². The zero-order valence-electron chi connectivity index (χ0n) is 14.1. The Morgan fingerprint density at radius 1 is 1.23 bits per heavy atom. The molecule has 0 saturated heterocycles. The number of carbonyl (C=O) groups excluding carboxylic acids is 1. The van der Waals surface area contributed by atoms with E-state index in [0.29, 0.717) is 16.6 Å². The van der Waals surface area contributed by atoms with Gasteiger partial charge in [-0.1, -0.05) is 19.0 Å². The van der Waals surface area contributed by atoms with Crippen LogP contribution in [0.2, 0.25) is 0 Å². The van der Waals surface area contributed by atoms with Crippen molar-refractivity contribution in [2.45, 2.75) is 33.0 Å². The van der Waals surface area contributed by atoms with Crippen LogP contribution in [0.3, 0.4) is 0 Å². The van der Waals surface area contributed by atoms with Crippen molar-refractivity contribution in [1.29, 1.82) is 0 Å². The number of rotatable bonds is 7. The minimum absolute atomic E-state index is 0.114. The average molecular weight is 377 g/mol. The average Bonchev–Trinajstić information content (AvgIpc) is 3.29. The lowest BCUT2D eigenvalue weighted by Crippen LogP contribution is -2.06. The highest BCUT2D eigenvalue weighted by molar-refractivity contribution is 7.09. The number of thiazole rings is 1. The molecule has 3 aromatic rings. The van der Waals surface area contributed by atoms with Crippen LogP contribution < -0.4 is 4.74 Å². The van der Waals surface area contributed by atoms with E-state index in [2.05, 4.69) is 15.1 Å². The number of hydrogen-bond donors (Lipinski definition) is 0. The molecule has 7 nitrogen and oxygen atoms in total. The molecule has 26 heavy (non-hydrogen) atoms. The van der Waals surface area contributed by atoms with Crippen LogP contribution >= 0.6 is 11.3 Å². The third kappa shape index (κ3) is 4.63. The van der Waals surface area contributed by atoms with Gasteiger partial charge in [0.25, 0.3) is 5.89 Å². The van der Waals surface area contributed by atoms with Crippen LogP contribution in [0, 0.1) is 5.82 Å².